The van der Waals surface area contributed by atoms with Crippen LogP contribution in [0.15, 0.2) is 0 Å². The molecule has 1 fully saturated rings. The zero-order valence-electron chi connectivity index (χ0n) is 9.36. The molecule has 0 bridgehead atoms. The Morgan fingerprint density at radius 3 is 1.67 bits per heavy atom. The number of hydrogen-bond donors (Lipinski definition) is 1. The van der Waals surface area contributed by atoms with Crippen LogP contribution in [0.5, 0.6) is 0 Å². The molecule has 0 aliphatic heterocycles. The fourth-order valence-corrected chi connectivity index (χ4v) is 2.86. The minimum atomic E-state index is 0.524. The molecule has 0 aromatic rings. The van der Waals surface area contributed by atoms with Gasteiger partial charge in [-0.1, -0.05) is 34.6 Å². The number of nitrogens with one attached hydrogen (secondary N) is 1. The van der Waals surface area contributed by atoms with E-state index in [0.717, 1.165) is 5.92 Å². The molecule has 0 saturated heterocycles. The molecule has 1 rings (SSSR count). The Morgan fingerprint density at radius 2 is 1.58 bits per heavy atom. The molecule has 1 atom stereocenters. The summed E-state index contributed by atoms with van der Waals surface area (Å²) in [5.41, 5.74) is 1.05. The van der Waals surface area contributed by atoms with E-state index in [9.17, 15) is 0 Å². The number of hydrogen-bond acceptors (Lipinski definition) is 1. The molecular weight excluding hydrogens is 146 g/mol. The Hall–Kier alpha value is -0.0400. The summed E-state index contributed by atoms with van der Waals surface area (Å²) >= 11 is 0. The van der Waals surface area contributed by atoms with Crippen LogP contribution in [0.25, 0.3) is 0 Å². The van der Waals surface area contributed by atoms with Crippen LogP contribution in [0.1, 0.15) is 41.0 Å². The Morgan fingerprint density at radius 1 is 1.17 bits per heavy atom. The summed E-state index contributed by atoms with van der Waals surface area (Å²) in [5, 5.41) is 3.42. The van der Waals surface area contributed by atoms with Crippen LogP contribution in [0.4, 0.5) is 0 Å². The SMILES string of the molecule is CCC(NC)C1C(C)(C)C1(C)C. The molecular formula is C11H23N. The van der Waals surface area contributed by atoms with Crippen LogP contribution in [0.3, 0.4) is 0 Å². The molecule has 0 spiro atoms. The third-order valence-corrected chi connectivity index (χ3v) is 4.35. The van der Waals surface area contributed by atoms with Crippen LogP contribution < -0.4 is 5.32 Å². The van der Waals surface area contributed by atoms with E-state index in [0.29, 0.717) is 16.9 Å². The standard InChI is InChI=1S/C11H23N/c1-7-8(12-6)9-10(2,3)11(9,4)5/h8-9,12H,7H2,1-6H3. The van der Waals surface area contributed by atoms with Crippen LogP contribution in [0.2, 0.25) is 0 Å². The van der Waals surface area contributed by atoms with E-state index < -0.39 is 0 Å². The van der Waals surface area contributed by atoms with Gasteiger partial charge in [0.25, 0.3) is 0 Å². The van der Waals surface area contributed by atoms with Gasteiger partial charge in [0.15, 0.2) is 0 Å². The lowest BCUT2D eigenvalue weighted by Gasteiger charge is -2.15. The van der Waals surface area contributed by atoms with Crippen LogP contribution in [-0.4, -0.2) is 13.1 Å². The van der Waals surface area contributed by atoms with Crippen molar-refractivity contribution in [2.24, 2.45) is 16.7 Å². The Bertz CT molecular complexity index is 152. The van der Waals surface area contributed by atoms with Gasteiger partial charge in [0.2, 0.25) is 0 Å². The van der Waals surface area contributed by atoms with Crippen LogP contribution in [0, 0.1) is 16.7 Å². The van der Waals surface area contributed by atoms with Gasteiger partial charge < -0.3 is 5.32 Å². The summed E-state index contributed by atoms with van der Waals surface area (Å²) in [6.07, 6.45) is 1.24. The second-order valence-electron chi connectivity index (χ2n) is 5.22. The fourth-order valence-electron chi connectivity index (χ4n) is 2.86. The third-order valence-electron chi connectivity index (χ3n) is 4.35. The minimum Gasteiger partial charge on any atom is -0.317 e. The molecule has 12 heavy (non-hydrogen) atoms. The van der Waals surface area contributed by atoms with Crippen molar-refractivity contribution in [3.63, 3.8) is 0 Å². The Kier molecular flexibility index (Phi) is 2.28. The fraction of sp³-hybridized carbons (Fsp3) is 1.00. The monoisotopic (exact) mass is 169 g/mol. The average Bonchev–Trinajstić information content (AvgIpc) is 2.34. The van der Waals surface area contributed by atoms with Crippen LogP contribution in [-0.2, 0) is 0 Å². The Balaban J connectivity index is 2.68. The summed E-state index contributed by atoms with van der Waals surface area (Å²) in [6, 6.07) is 0.704. The molecule has 72 valence electrons. The minimum absolute atomic E-state index is 0.524. The zero-order chi connectivity index (χ0) is 9.57. The van der Waals surface area contributed by atoms with Crippen molar-refractivity contribution in [2.75, 3.05) is 7.05 Å². The predicted molar refractivity (Wildman–Crippen MR) is 54.2 cm³/mol. The maximum atomic E-state index is 3.42. The summed E-state index contributed by atoms with van der Waals surface area (Å²) in [5.74, 6) is 0.847. The van der Waals surface area contributed by atoms with Gasteiger partial charge >= 0.3 is 0 Å². The van der Waals surface area contributed by atoms with Gasteiger partial charge in [-0.3, -0.25) is 0 Å². The smallest absolute Gasteiger partial charge is 0.0100 e. The summed E-state index contributed by atoms with van der Waals surface area (Å²) in [7, 11) is 2.08. The van der Waals surface area contributed by atoms with Crippen molar-refractivity contribution >= 4 is 0 Å². The lowest BCUT2D eigenvalue weighted by Crippen LogP contribution is -2.29. The summed E-state index contributed by atoms with van der Waals surface area (Å²) in [4.78, 5) is 0. The van der Waals surface area contributed by atoms with Gasteiger partial charge in [0.1, 0.15) is 0 Å². The van der Waals surface area contributed by atoms with Crippen molar-refractivity contribution < 1.29 is 0 Å². The van der Waals surface area contributed by atoms with Crippen molar-refractivity contribution in [1.82, 2.24) is 5.32 Å². The van der Waals surface area contributed by atoms with E-state index in [2.05, 4.69) is 47.0 Å². The van der Waals surface area contributed by atoms with Crippen molar-refractivity contribution in [1.29, 1.82) is 0 Å². The highest BCUT2D eigenvalue weighted by Crippen LogP contribution is 2.69. The molecule has 1 aliphatic rings. The lowest BCUT2D eigenvalue weighted by atomic mass is 10.0. The number of rotatable bonds is 3. The van der Waals surface area contributed by atoms with Gasteiger partial charge in [-0.2, -0.15) is 0 Å². The first-order valence-electron chi connectivity index (χ1n) is 5.06. The van der Waals surface area contributed by atoms with Gasteiger partial charge in [-0.25, -0.2) is 0 Å². The maximum absolute atomic E-state index is 3.42. The van der Waals surface area contributed by atoms with Gasteiger partial charge in [0.05, 0.1) is 0 Å². The van der Waals surface area contributed by atoms with Gasteiger partial charge in [0, 0.05) is 6.04 Å². The highest BCUT2D eigenvalue weighted by molar-refractivity contribution is 5.15. The first-order chi connectivity index (χ1) is 5.39. The van der Waals surface area contributed by atoms with Crippen molar-refractivity contribution in [3.05, 3.63) is 0 Å². The second kappa shape index (κ2) is 2.73. The highest BCUT2D eigenvalue weighted by Gasteiger charge is 2.66. The van der Waals surface area contributed by atoms with E-state index in [4.69, 9.17) is 0 Å². The molecule has 0 aromatic heterocycles. The van der Waals surface area contributed by atoms with E-state index >= 15 is 0 Å². The summed E-state index contributed by atoms with van der Waals surface area (Å²) in [6.45, 7) is 11.8. The highest BCUT2D eigenvalue weighted by atomic mass is 14.9. The summed E-state index contributed by atoms with van der Waals surface area (Å²) < 4.78 is 0. The van der Waals surface area contributed by atoms with Gasteiger partial charge in [-0.05, 0) is 30.2 Å². The maximum Gasteiger partial charge on any atom is 0.0100 e. The normalized spacial score (nSPS) is 28.5. The zero-order valence-corrected chi connectivity index (χ0v) is 9.36. The third kappa shape index (κ3) is 1.10. The first kappa shape index (κ1) is 10.0. The lowest BCUT2D eigenvalue weighted by molar-refractivity contribution is 0.413. The van der Waals surface area contributed by atoms with E-state index in [1.165, 1.54) is 6.42 Å². The molecule has 1 saturated carbocycles. The molecule has 1 N–H and O–H groups in total. The molecule has 1 aliphatic carbocycles. The molecule has 0 aromatic carbocycles. The van der Waals surface area contributed by atoms with Gasteiger partial charge in [-0.15, -0.1) is 0 Å². The van der Waals surface area contributed by atoms with E-state index in [1.807, 2.05) is 0 Å². The van der Waals surface area contributed by atoms with E-state index in [1.54, 1.807) is 0 Å². The molecule has 1 heteroatoms. The average molecular weight is 169 g/mol. The molecule has 0 radical (unpaired) electrons. The topological polar surface area (TPSA) is 12.0 Å². The molecule has 1 nitrogen and oxygen atoms in total. The van der Waals surface area contributed by atoms with E-state index in [-0.39, 0.29) is 0 Å². The quantitative estimate of drug-likeness (QED) is 0.685. The molecule has 1 unspecified atom stereocenters. The first-order valence-corrected chi connectivity index (χ1v) is 5.06. The second-order valence-corrected chi connectivity index (χ2v) is 5.22. The van der Waals surface area contributed by atoms with Crippen LogP contribution >= 0.6 is 0 Å². The molecule has 0 amide bonds. The molecule has 0 heterocycles. The van der Waals surface area contributed by atoms with Crippen molar-refractivity contribution in [2.45, 2.75) is 47.1 Å². The Labute approximate surface area is 76.9 Å². The predicted octanol–water partition coefficient (Wildman–Crippen LogP) is 2.67. The largest absolute Gasteiger partial charge is 0.317 e. The van der Waals surface area contributed by atoms with Crippen molar-refractivity contribution in [3.8, 4) is 0 Å².